The van der Waals surface area contributed by atoms with Gasteiger partial charge >= 0.3 is 0 Å². The second kappa shape index (κ2) is 8.85. The van der Waals surface area contributed by atoms with Crippen LogP contribution < -0.4 is 15.8 Å². The first-order valence-corrected chi connectivity index (χ1v) is 11.1. The number of fused-ring (bicyclic) bond motifs is 1. The second-order valence-corrected chi connectivity index (χ2v) is 8.78. The fourth-order valence-corrected chi connectivity index (χ4v) is 4.36. The van der Waals surface area contributed by atoms with Crippen LogP contribution in [-0.2, 0) is 16.6 Å². The van der Waals surface area contributed by atoms with Crippen LogP contribution in [0.3, 0.4) is 0 Å². The second-order valence-electron chi connectivity index (χ2n) is 7.13. The number of aryl methyl sites for hydroxylation is 2. The molecule has 3 rings (SSSR count). The Morgan fingerprint density at radius 2 is 1.84 bits per heavy atom. The van der Waals surface area contributed by atoms with Gasteiger partial charge in [0, 0.05) is 24.1 Å². The monoisotopic (exact) mass is 459 g/mol. The van der Waals surface area contributed by atoms with Gasteiger partial charge in [-0.05, 0) is 37.5 Å². The Bertz CT molecular complexity index is 1400. The Kier molecular flexibility index (Phi) is 6.37. The van der Waals surface area contributed by atoms with Crippen molar-refractivity contribution < 1.29 is 18.1 Å². The molecule has 168 valence electrons. The number of non-ortho nitro benzene ring substituents is 1. The Labute approximate surface area is 183 Å². The maximum Gasteiger partial charge on any atom is 0.287 e. The summed E-state index contributed by atoms with van der Waals surface area (Å²) in [5.41, 5.74) is 1.92. The van der Waals surface area contributed by atoms with Gasteiger partial charge in [0.05, 0.1) is 15.2 Å². The summed E-state index contributed by atoms with van der Waals surface area (Å²) in [6, 6.07) is 8.56. The smallest absolute Gasteiger partial charge is 0.272 e. The quantitative estimate of drug-likeness (QED) is 0.404. The molecule has 11 nitrogen and oxygen atoms in total. The van der Waals surface area contributed by atoms with Crippen molar-refractivity contribution in [3.05, 3.63) is 73.7 Å². The number of carbonyl (C=O) groups excluding carboxylic acids is 1. The van der Waals surface area contributed by atoms with Gasteiger partial charge in [-0.2, -0.15) is 5.10 Å². The van der Waals surface area contributed by atoms with Crippen LogP contribution in [0.4, 0.5) is 5.69 Å². The molecule has 1 heterocycles. The van der Waals surface area contributed by atoms with Crippen LogP contribution in [-0.4, -0.2) is 29.0 Å². The average Bonchev–Trinajstić information content (AvgIpc) is 2.75. The summed E-state index contributed by atoms with van der Waals surface area (Å²) < 4.78 is 26.7. The number of nitro benzene ring substituents is 1. The molecule has 3 aromatic rings. The van der Waals surface area contributed by atoms with Crippen LogP contribution in [0.25, 0.3) is 10.8 Å². The summed E-state index contributed by atoms with van der Waals surface area (Å²) in [4.78, 5) is 37.4. The number of rotatable bonds is 7. The first-order valence-electron chi connectivity index (χ1n) is 9.64. The molecule has 0 saturated heterocycles. The van der Waals surface area contributed by atoms with Gasteiger partial charge in [0.1, 0.15) is 0 Å². The van der Waals surface area contributed by atoms with Crippen LogP contribution in [0.15, 0.2) is 46.1 Å². The number of carbonyl (C=O) groups is 1. The van der Waals surface area contributed by atoms with E-state index in [9.17, 15) is 28.1 Å². The average molecular weight is 459 g/mol. The Morgan fingerprint density at radius 3 is 2.47 bits per heavy atom. The molecule has 0 saturated carbocycles. The highest BCUT2D eigenvalue weighted by Crippen LogP contribution is 2.25. The zero-order chi connectivity index (χ0) is 23.6. The summed E-state index contributed by atoms with van der Waals surface area (Å²) in [5, 5.41) is 15.8. The molecule has 0 atom stereocenters. The normalized spacial score (nSPS) is 11.5. The van der Waals surface area contributed by atoms with E-state index in [-0.39, 0.29) is 39.2 Å². The largest absolute Gasteiger partial charge is 0.287 e. The molecule has 0 aliphatic carbocycles. The lowest BCUT2D eigenvalue weighted by atomic mass is 10.1. The van der Waals surface area contributed by atoms with Gasteiger partial charge in [-0.3, -0.25) is 25.1 Å². The van der Waals surface area contributed by atoms with Crippen LogP contribution in [0.1, 0.15) is 35.0 Å². The SMILES string of the molecule is CCCn1nc(C(=O)NNS(=O)(=O)c2cc([N+](=O)[O-])cc(C)c2C)c2ccccc2c1=O. The van der Waals surface area contributed by atoms with E-state index in [1.807, 2.05) is 11.8 Å². The molecule has 12 heteroatoms. The molecule has 0 bridgehead atoms. The number of nitrogens with one attached hydrogen (secondary N) is 2. The van der Waals surface area contributed by atoms with Gasteiger partial charge in [-0.1, -0.05) is 25.1 Å². The number of nitrogens with zero attached hydrogens (tertiary/aromatic N) is 3. The zero-order valence-electron chi connectivity index (χ0n) is 17.6. The van der Waals surface area contributed by atoms with Crippen molar-refractivity contribution in [3.63, 3.8) is 0 Å². The first kappa shape index (κ1) is 23.0. The Morgan fingerprint density at radius 1 is 1.19 bits per heavy atom. The van der Waals surface area contributed by atoms with Crippen molar-refractivity contribution in [3.8, 4) is 0 Å². The van der Waals surface area contributed by atoms with Gasteiger partial charge in [-0.25, -0.2) is 13.1 Å². The maximum atomic E-state index is 12.8. The highest BCUT2D eigenvalue weighted by molar-refractivity contribution is 7.89. The molecular weight excluding hydrogens is 438 g/mol. The van der Waals surface area contributed by atoms with Gasteiger partial charge < -0.3 is 0 Å². The number of amides is 1. The van der Waals surface area contributed by atoms with Crippen molar-refractivity contribution in [2.45, 2.75) is 38.6 Å². The number of benzene rings is 2. The van der Waals surface area contributed by atoms with Gasteiger partial charge in [0.15, 0.2) is 5.69 Å². The van der Waals surface area contributed by atoms with Crippen molar-refractivity contribution in [1.82, 2.24) is 20.0 Å². The summed E-state index contributed by atoms with van der Waals surface area (Å²) >= 11 is 0. The van der Waals surface area contributed by atoms with Crippen molar-refractivity contribution >= 4 is 32.4 Å². The molecule has 2 aromatic carbocycles. The fourth-order valence-electron chi connectivity index (χ4n) is 3.19. The van der Waals surface area contributed by atoms with Crippen molar-refractivity contribution in [1.29, 1.82) is 0 Å². The summed E-state index contributed by atoms with van der Waals surface area (Å²) in [6.07, 6.45) is 0.602. The molecule has 2 N–H and O–H groups in total. The molecule has 0 fully saturated rings. The lowest BCUT2D eigenvalue weighted by Crippen LogP contribution is -2.43. The zero-order valence-corrected chi connectivity index (χ0v) is 18.4. The highest BCUT2D eigenvalue weighted by Gasteiger charge is 2.24. The molecule has 1 aromatic heterocycles. The Hall–Kier alpha value is -3.64. The minimum absolute atomic E-state index is 0.136. The molecule has 1 amide bonds. The van der Waals surface area contributed by atoms with Gasteiger partial charge in [0.2, 0.25) is 0 Å². The molecular formula is C20H21N5O6S. The van der Waals surface area contributed by atoms with Crippen LogP contribution in [0, 0.1) is 24.0 Å². The molecule has 0 aliphatic heterocycles. The number of hydrazine groups is 1. The van der Waals surface area contributed by atoms with Crippen LogP contribution in [0.2, 0.25) is 0 Å². The highest BCUT2D eigenvalue weighted by atomic mass is 32.2. The van der Waals surface area contributed by atoms with E-state index in [0.717, 1.165) is 10.7 Å². The third-order valence-corrected chi connectivity index (χ3v) is 6.30. The first-order chi connectivity index (χ1) is 15.1. The van der Waals surface area contributed by atoms with Gasteiger partial charge in [0.25, 0.3) is 27.2 Å². The van der Waals surface area contributed by atoms with Crippen molar-refractivity contribution in [2.24, 2.45) is 0 Å². The number of sulfonamides is 1. The maximum absolute atomic E-state index is 12.8. The Balaban J connectivity index is 1.97. The van der Waals surface area contributed by atoms with Crippen LogP contribution >= 0.6 is 0 Å². The van der Waals surface area contributed by atoms with E-state index in [2.05, 4.69) is 10.5 Å². The number of nitro groups is 1. The third-order valence-electron chi connectivity index (χ3n) is 4.92. The van der Waals surface area contributed by atoms with E-state index in [1.165, 1.54) is 19.1 Å². The predicted octanol–water partition coefficient (Wildman–Crippen LogP) is 1.95. The number of hydrogen-bond donors (Lipinski definition) is 2. The van der Waals surface area contributed by atoms with E-state index >= 15 is 0 Å². The van der Waals surface area contributed by atoms with Gasteiger partial charge in [-0.15, -0.1) is 4.83 Å². The number of hydrogen-bond acceptors (Lipinski definition) is 7. The minimum atomic E-state index is -4.34. The lowest BCUT2D eigenvalue weighted by Gasteiger charge is -2.13. The lowest BCUT2D eigenvalue weighted by molar-refractivity contribution is -0.385. The standard InChI is InChI=1S/C20H21N5O6S/c1-4-9-24-20(27)16-8-6-5-7-15(16)18(22-24)19(26)21-23-32(30,31)17-11-14(25(28)29)10-12(2)13(17)3/h5-8,10-11,23H,4,9H2,1-3H3,(H,21,26). The molecule has 0 spiro atoms. The van der Waals surface area contributed by atoms with Crippen molar-refractivity contribution in [2.75, 3.05) is 0 Å². The fraction of sp³-hybridized carbons (Fsp3) is 0.250. The molecule has 0 radical (unpaired) electrons. The van der Waals surface area contributed by atoms with E-state index < -0.39 is 20.9 Å². The molecule has 0 unspecified atom stereocenters. The summed E-state index contributed by atoms with van der Waals surface area (Å²) in [7, 11) is -4.34. The van der Waals surface area contributed by atoms with E-state index in [0.29, 0.717) is 17.5 Å². The number of aromatic nitrogens is 2. The summed E-state index contributed by atoms with van der Waals surface area (Å²) in [5.74, 6) is -0.880. The third kappa shape index (κ3) is 4.36. The topological polar surface area (TPSA) is 153 Å². The molecule has 32 heavy (non-hydrogen) atoms. The van der Waals surface area contributed by atoms with Crippen LogP contribution in [0.5, 0.6) is 0 Å². The predicted molar refractivity (Wildman–Crippen MR) is 117 cm³/mol. The molecule has 0 aliphatic rings. The minimum Gasteiger partial charge on any atom is -0.272 e. The summed E-state index contributed by atoms with van der Waals surface area (Å²) in [6.45, 7) is 5.18. The van der Waals surface area contributed by atoms with E-state index in [1.54, 1.807) is 25.1 Å². The van der Waals surface area contributed by atoms with E-state index in [4.69, 9.17) is 0 Å².